The van der Waals surface area contributed by atoms with Gasteiger partial charge in [-0.05, 0) is 66.7 Å². The molecule has 0 N–H and O–H groups in total. The molecular formula is C39H23F16N5O7S2. The molecule has 0 unspecified atom stereocenters. The van der Waals surface area contributed by atoms with Gasteiger partial charge in [-0.1, -0.05) is 0 Å². The summed E-state index contributed by atoms with van der Waals surface area (Å²) in [6.07, 6.45) is -18.4. The van der Waals surface area contributed by atoms with Gasteiger partial charge in [0.05, 0.1) is 33.7 Å². The van der Waals surface area contributed by atoms with Crippen molar-refractivity contribution in [2.75, 3.05) is 18.1 Å². The van der Waals surface area contributed by atoms with Crippen LogP contribution in [-0.2, 0) is 55.1 Å². The summed E-state index contributed by atoms with van der Waals surface area (Å²) in [6.45, 7) is -0.690. The summed E-state index contributed by atoms with van der Waals surface area (Å²) in [7, 11) is -8.24. The molecule has 0 aliphatic heterocycles. The van der Waals surface area contributed by atoms with Gasteiger partial charge in [0.25, 0.3) is 10.0 Å². The highest BCUT2D eigenvalue weighted by Crippen LogP contribution is 2.42. The number of nitrogens with zero attached hydrogens (tertiary/aromatic N) is 5. The second-order valence-electron chi connectivity index (χ2n) is 13.4. The third-order valence-electron chi connectivity index (χ3n) is 8.48. The Bertz CT molecular complexity index is 2970. The number of hydrogen-bond donors (Lipinski definition) is 0. The molecule has 6 aromatic rings. The maximum absolute atomic E-state index is 14.8. The minimum atomic E-state index is -5.22. The maximum atomic E-state index is 14.8. The number of sulfone groups is 1. The molecule has 0 radical (unpaired) electrons. The Balaban J connectivity index is 0.000000258. The predicted molar refractivity (Wildman–Crippen MR) is 202 cm³/mol. The summed E-state index contributed by atoms with van der Waals surface area (Å²) in [4.78, 5) is -2.35. The molecule has 0 amide bonds. The average Bonchev–Trinajstić information content (AvgIpc) is 3.24. The number of ether oxygens (including phenoxy) is 3. The number of benzene rings is 4. The van der Waals surface area contributed by atoms with Crippen molar-refractivity contribution in [1.82, 2.24) is 20.4 Å². The van der Waals surface area contributed by atoms with E-state index in [0.29, 0.717) is 4.31 Å². The largest absolute Gasteiger partial charge is 0.454 e. The lowest BCUT2D eigenvalue weighted by atomic mass is 10.1. The van der Waals surface area contributed by atoms with Crippen molar-refractivity contribution in [1.29, 1.82) is 0 Å². The van der Waals surface area contributed by atoms with E-state index in [9.17, 15) is 87.1 Å². The fourth-order valence-corrected chi connectivity index (χ4v) is 8.16. The number of hydrogen-bond acceptors (Lipinski definition) is 11. The molecule has 0 atom stereocenters. The molecule has 0 aliphatic carbocycles. The SMILES string of the molecule is COCN(c1cccnn1)S(=O)(=O)c1cc(F)c(Oc2cc(C(F)(F)F)cc(C(F)(F)F)c2)cc1F.O=S(=O)(Cc1cccnn1)c1cc(F)c(Oc2cc(C(F)(F)F)cc(C(F)(F)F)c2)cc1F. The van der Waals surface area contributed by atoms with Gasteiger partial charge in [-0.15, -0.1) is 5.10 Å². The average molecular weight is 1040 g/mol. The lowest BCUT2D eigenvalue weighted by molar-refractivity contribution is -0.144. The van der Waals surface area contributed by atoms with E-state index in [1.165, 1.54) is 36.7 Å². The van der Waals surface area contributed by atoms with Crippen LogP contribution in [0.25, 0.3) is 0 Å². The molecule has 12 nitrogen and oxygen atoms in total. The highest BCUT2D eigenvalue weighted by molar-refractivity contribution is 7.92. The molecule has 0 fully saturated rings. The van der Waals surface area contributed by atoms with Crippen molar-refractivity contribution >= 4 is 25.7 Å². The summed E-state index contributed by atoms with van der Waals surface area (Å²) >= 11 is 0. The topological polar surface area (TPSA) is 151 Å². The first-order valence-corrected chi connectivity index (χ1v) is 21.1. The zero-order chi connectivity index (χ0) is 51.5. The number of sulfonamides is 1. The third-order valence-corrected chi connectivity index (χ3v) is 11.9. The smallest absolute Gasteiger partial charge is 0.416 e. The number of methoxy groups -OCH3 is 1. The van der Waals surface area contributed by atoms with E-state index in [1.807, 2.05) is 0 Å². The first-order valence-electron chi connectivity index (χ1n) is 18.0. The Kier molecular flexibility index (Phi) is 15.4. The Morgan fingerprint density at radius 2 is 0.928 bits per heavy atom. The van der Waals surface area contributed by atoms with E-state index in [2.05, 4.69) is 20.4 Å². The van der Waals surface area contributed by atoms with Crippen molar-refractivity contribution in [2.24, 2.45) is 0 Å². The van der Waals surface area contributed by atoms with Gasteiger partial charge >= 0.3 is 24.7 Å². The van der Waals surface area contributed by atoms with Crippen molar-refractivity contribution in [3.8, 4) is 23.0 Å². The molecule has 4 aromatic carbocycles. The monoisotopic (exact) mass is 1040 g/mol. The minimum absolute atomic E-state index is 0.0821. The molecular weight excluding hydrogens is 1020 g/mol. The van der Waals surface area contributed by atoms with Gasteiger partial charge in [-0.2, -0.15) is 68.0 Å². The molecule has 2 aromatic heterocycles. The van der Waals surface area contributed by atoms with Crippen LogP contribution in [-0.4, -0.2) is 51.1 Å². The molecule has 2 heterocycles. The minimum Gasteiger partial charge on any atom is -0.454 e. The fraction of sp³-hybridized carbons (Fsp3) is 0.179. The van der Waals surface area contributed by atoms with Gasteiger partial charge < -0.3 is 14.2 Å². The zero-order valence-electron chi connectivity index (χ0n) is 33.6. The normalized spacial score (nSPS) is 12.5. The van der Waals surface area contributed by atoms with Gasteiger partial charge in [0, 0.05) is 37.7 Å². The van der Waals surface area contributed by atoms with Crippen molar-refractivity contribution in [2.45, 2.75) is 40.2 Å². The molecule has 0 aliphatic rings. The van der Waals surface area contributed by atoms with E-state index >= 15 is 0 Å². The summed E-state index contributed by atoms with van der Waals surface area (Å²) in [6, 6.07) is 6.07. The van der Waals surface area contributed by atoms with Gasteiger partial charge in [0.1, 0.15) is 39.7 Å². The number of alkyl halides is 12. The van der Waals surface area contributed by atoms with Crippen LogP contribution in [0.15, 0.2) is 107 Å². The van der Waals surface area contributed by atoms with Crippen LogP contribution < -0.4 is 13.8 Å². The zero-order valence-corrected chi connectivity index (χ0v) is 35.2. The fourth-order valence-electron chi connectivity index (χ4n) is 5.44. The van der Waals surface area contributed by atoms with Crippen molar-refractivity contribution in [3.63, 3.8) is 0 Å². The maximum Gasteiger partial charge on any atom is 0.416 e. The molecule has 0 saturated heterocycles. The van der Waals surface area contributed by atoms with Gasteiger partial charge in [-0.25, -0.2) is 38.7 Å². The summed E-state index contributed by atoms with van der Waals surface area (Å²) in [5.74, 6) is -12.0. The van der Waals surface area contributed by atoms with E-state index in [0.717, 1.165) is 7.11 Å². The Labute approximate surface area is 376 Å². The molecule has 69 heavy (non-hydrogen) atoms. The Morgan fingerprint density at radius 1 is 0.522 bits per heavy atom. The lowest BCUT2D eigenvalue weighted by Gasteiger charge is -2.22. The second kappa shape index (κ2) is 20.0. The first-order chi connectivity index (χ1) is 31.8. The Hall–Kier alpha value is -6.82. The first kappa shape index (κ1) is 53.1. The number of rotatable bonds is 12. The highest BCUT2D eigenvalue weighted by atomic mass is 32.2. The molecule has 0 bridgehead atoms. The van der Waals surface area contributed by atoms with Crippen molar-refractivity contribution in [3.05, 3.63) is 149 Å². The number of anilines is 1. The summed E-state index contributed by atoms with van der Waals surface area (Å²) in [5.41, 5.74) is -7.08. The highest BCUT2D eigenvalue weighted by Gasteiger charge is 2.39. The van der Waals surface area contributed by atoms with Crippen LogP contribution in [0.3, 0.4) is 0 Å². The molecule has 6 rings (SSSR count). The van der Waals surface area contributed by atoms with Gasteiger partial charge in [0.2, 0.25) is 0 Å². The van der Waals surface area contributed by atoms with Crippen LogP contribution in [0, 0.1) is 23.3 Å². The number of aromatic nitrogens is 4. The summed E-state index contributed by atoms with van der Waals surface area (Å²) in [5, 5.41) is 14.0. The van der Waals surface area contributed by atoms with Crippen LogP contribution in [0.4, 0.5) is 76.1 Å². The van der Waals surface area contributed by atoms with E-state index in [4.69, 9.17) is 14.2 Å². The standard InChI is InChI=1S/C20H13F8N3O4S.C19H10F8N2O3S/c1-34-10-31(18-3-2-4-29-30-18)36(32,33)17-9-14(21)16(8-15(17)22)35-13-6-11(19(23,24)25)5-12(7-13)20(26,27)28;20-14-8-17(33(30,31)9-12-2-1-3-28-29-12)15(21)7-16(14)32-13-5-10(18(22,23)24)4-11(6-13)19(25,26)27/h2-9H,10H2,1H3;1-8H,9H2. The van der Waals surface area contributed by atoms with E-state index in [-0.39, 0.29) is 72.2 Å². The van der Waals surface area contributed by atoms with E-state index in [1.54, 1.807) is 0 Å². The Morgan fingerprint density at radius 3 is 1.30 bits per heavy atom. The molecule has 30 heteroatoms. The van der Waals surface area contributed by atoms with Crippen molar-refractivity contribution < 1.29 is 101 Å². The lowest BCUT2D eigenvalue weighted by Crippen LogP contribution is -2.34. The van der Waals surface area contributed by atoms with Crippen LogP contribution in [0.5, 0.6) is 23.0 Å². The van der Waals surface area contributed by atoms with Crippen LogP contribution >= 0.6 is 0 Å². The molecule has 0 spiro atoms. The second-order valence-corrected chi connectivity index (χ2v) is 17.2. The molecule has 370 valence electrons. The van der Waals surface area contributed by atoms with Gasteiger partial charge in [-0.3, -0.25) is 0 Å². The van der Waals surface area contributed by atoms with Crippen LogP contribution in [0.1, 0.15) is 27.9 Å². The predicted octanol–water partition coefficient (Wildman–Crippen LogP) is 10.9. The van der Waals surface area contributed by atoms with E-state index < -0.39 is 135 Å². The van der Waals surface area contributed by atoms with Gasteiger partial charge in [0.15, 0.2) is 38.8 Å². The van der Waals surface area contributed by atoms with Crippen LogP contribution in [0.2, 0.25) is 0 Å². The third kappa shape index (κ3) is 13.2. The molecule has 0 saturated carbocycles. The number of halogens is 16. The summed E-state index contributed by atoms with van der Waals surface area (Å²) < 4.78 is 280. The quantitative estimate of drug-likeness (QED) is 0.0851.